The summed E-state index contributed by atoms with van der Waals surface area (Å²) in [5.41, 5.74) is 7.65. The fourth-order valence-corrected chi connectivity index (χ4v) is 1.69. The van der Waals surface area contributed by atoms with Gasteiger partial charge in [-0.3, -0.25) is 0 Å². The number of halogens is 1. The number of aryl methyl sites for hydroxylation is 1. The van der Waals surface area contributed by atoms with E-state index in [4.69, 9.17) is 17.3 Å². The summed E-state index contributed by atoms with van der Waals surface area (Å²) >= 11 is 5.89. The molecule has 0 heterocycles. The first-order valence-corrected chi connectivity index (χ1v) is 5.18. The molecule has 0 aliphatic rings. The van der Waals surface area contributed by atoms with E-state index in [9.17, 15) is 5.11 Å². The fraction of sp³-hybridized carbons (Fsp3) is 0.455. The predicted octanol–water partition coefficient (Wildman–Crippen LogP) is 2.50. The number of benzene rings is 1. The van der Waals surface area contributed by atoms with Crippen LogP contribution in [0.1, 0.15) is 25.0 Å². The molecule has 3 N–H and O–H groups in total. The second-order valence-electron chi connectivity index (χ2n) is 3.62. The van der Waals surface area contributed by atoms with Gasteiger partial charge >= 0.3 is 0 Å². The maximum absolute atomic E-state index is 9.68. The second-order valence-corrected chi connectivity index (χ2v) is 4.03. The molecule has 78 valence electrons. The number of phenolic OH excluding ortho intramolecular Hbond substituents is 1. The molecule has 0 aromatic heterocycles. The highest BCUT2D eigenvalue weighted by atomic mass is 35.5. The van der Waals surface area contributed by atoms with Crippen LogP contribution in [0.4, 0.5) is 0 Å². The van der Waals surface area contributed by atoms with Crippen molar-refractivity contribution in [3.8, 4) is 5.75 Å². The normalized spacial score (nSPS) is 12.9. The van der Waals surface area contributed by atoms with Gasteiger partial charge < -0.3 is 10.8 Å². The van der Waals surface area contributed by atoms with E-state index in [1.54, 1.807) is 6.07 Å². The van der Waals surface area contributed by atoms with Crippen molar-refractivity contribution in [2.45, 2.75) is 32.7 Å². The van der Waals surface area contributed by atoms with E-state index >= 15 is 0 Å². The van der Waals surface area contributed by atoms with Crippen LogP contribution >= 0.6 is 11.6 Å². The average molecular weight is 214 g/mol. The van der Waals surface area contributed by atoms with Crippen molar-refractivity contribution in [2.75, 3.05) is 0 Å². The Labute approximate surface area is 89.7 Å². The Morgan fingerprint density at radius 3 is 2.64 bits per heavy atom. The lowest BCUT2D eigenvalue weighted by molar-refractivity contribution is 0.465. The van der Waals surface area contributed by atoms with Crippen LogP contribution in [0.25, 0.3) is 0 Å². The molecular formula is C11H16ClNO. The van der Waals surface area contributed by atoms with Gasteiger partial charge in [-0.15, -0.1) is 0 Å². The molecule has 0 aliphatic heterocycles. The largest absolute Gasteiger partial charge is 0.506 e. The molecular weight excluding hydrogens is 198 g/mol. The van der Waals surface area contributed by atoms with Crippen LogP contribution in [-0.2, 0) is 12.8 Å². The molecule has 1 aromatic carbocycles. The summed E-state index contributed by atoms with van der Waals surface area (Å²) in [6, 6.07) is 3.79. The zero-order valence-electron chi connectivity index (χ0n) is 8.55. The van der Waals surface area contributed by atoms with Crippen LogP contribution in [0, 0.1) is 0 Å². The van der Waals surface area contributed by atoms with Gasteiger partial charge in [0.1, 0.15) is 5.75 Å². The number of hydrogen-bond acceptors (Lipinski definition) is 2. The lowest BCUT2D eigenvalue weighted by atomic mass is 10.0. The first-order chi connectivity index (χ1) is 6.54. The first kappa shape index (κ1) is 11.3. The zero-order valence-corrected chi connectivity index (χ0v) is 9.30. The third-order valence-electron chi connectivity index (χ3n) is 2.15. The molecule has 1 atom stereocenters. The minimum absolute atomic E-state index is 0.0315. The summed E-state index contributed by atoms with van der Waals surface area (Å²) in [6.07, 6.45) is 1.56. The maximum Gasteiger partial charge on any atom is 0.137 e. The molecule has 1 aromatic rings. The number of hydrogen-bond donors (Lipinski definition) is 2. The highest BCUT2D eigenvalue weighted by molar-refractivity contribution is 6.32. The van der Waals surface area contributed by atoms with E-state index in [1.165, 1.54) is 0 Å². The molecule has 14 heavy (non-hydrogen) atoms. The van der Waals surface area contributed by atoms with E-state index in [0.29, 0.717) is 11.4 Å². The number of phenols is 1. The van der Waals surface area contributed by atoms with Crippen molar-refractivity contribution >= 4 is 11.6 Å². The standard InChI is InChI=1S/C11H16ClNO/c1-3-8-5-9(4-7(2)13)11(14)10(12)6-8/h5-7,14H,3-4,13H2,1-2H3. The molecule has 0 aliphatic carbocycles. The Balaban J connectivity index is 3.07. The maximum atomic E-state index is 9.68. The SMILES string of the molecule is CCc1cc(Cl)c(O)c(CC(C)N)c1. The molecule has 1 unspecified atom stereocenters. The summed E-state index contributed by atoms with van der Waals surface area (Å²) < 4.78 is 0. The van der Waals surface area contributed by atoms with Gasteiger partial charge in [0.05, 0.1) is 5.02 Å². The van der Waals surface area contributed by atoms with Crippen molar-refractivity contribution in [3.05, 3.63) is 28.3 Å². The van der Waals surface area contributed by atoms with E-state index in [-0.39, 0.29) is 11.8 Å². The minimum Gasteiger partial charge on any atom is -0.506 e. The highest BCUT2D eigenvalue weighted by Crippen LogP contribution is 2.29. The summed E-state index contributed by atoms with van der Waals surface area (Å²) in [5.74, 6) is 0.168. The van der Waals surface area contributed by atoms with Gasteiger partial charge in [0.25, 0.3) is 0 Å². The van der Waals surface area contributed by atoms with Gasteiger partial charge in [-0.2, -0.15) is 0 Å². The molecule has 0 bridgehead atoms. The molecule has 0 spiro atoms. The lowest BCUT2D eigenvalue weighted by Crippen LogP contribution is -2.17. The number of rotatable bonds is 3. The Morgan fingerprint density at radius 1 is 1.50 bits per heavy atom. The van der Waals surface area contributed by atoms with Crippen LogP contribution in [0.3, 0.4) is 0 Å². The summed E-state index contributed by atoms with van der Waals surface area (Å²) in [4.78, 5) is 0. The molecule has 0 amide bonds. The first-order valence-electron chi connectivity index (χ1n) is 4.80. The van der Waals surface area contributed by atoms with Crippen molar-refractivity contribution < 1.29 is 5.11 Å². The Bertz CT molecular complexity index is 323. The van der Waals surface area contributed by atoms with Gasteiger partial charge in [0.2, 0.25) is 0 Å². The van der Waals surface area contributed by atoms with Gasteiger partial charge in [0.15, 0.2) is 0 Å². The van der Waals surface area contributed by atoms with Crippen LogP contribution in [-0.4, -0.2) is 11.1 Å². The van der Waals surface area contributed by atoms with E-state index in [1.807, 2.05) is 13.0 Å². The third kappa shape index (κ3) is 2.63. The molecule has 2 nitrogen and oxygen atoms in total. The highest BCUT2D eigenvalue weighted by Gasteiger charge is 2.09. The van der Waals surface area contributed by atoms with E-state index in [0.717, 1.165) is 17.5 Å². The quantitative estimate of drug-likeness (QED) is 0.811. The Hall–Kier alpha value is -0.730. The molecule has 0 radical (unpaired) electrons. The van der Waals surface area contributed by atoms with Gasteiger partial charge in [-0.25, -0.2) is 0 Å². The van der Waals surface area contributed by atoms with Gasteiger partial charge in [0, 0.05) is 6.04 Å². The lowest BCUT2D eigenvalue weighted by Gasteiger charge is -2.10. The summed E-state index contributed by atoms with van der Waals surface area (Å²) in [6.45, 7) is 3.96. The van der Waals surface area contributed by atoms with Crippen molar-refractivity contribution in [1.29, 1.82) is 0 Å². The molecule has 0 saturated carbocycles. The zero-order chi connectivity index (χ0) is 10.7. The van der Waals surface area contributed by atoms with E-state index < -0.39 is 0 Å². The van der Waals surface area contributed by atoms with Crippen molar-refractivity contribution in [2.24, 2.45) is 5.73 Å². The predicted molar refractivity (Wildman–Crippen MR) is 59.8 cm³/mol. The van der Waals surface area contributed by atoms with E-state index in [2.05, 4.69) is 6.92 Å². The Morgan fingerprint density at radius 2 is 2.14 bits per heavy atom. The van der Waals surface area contributed by atoms with Gasteiger partial charge in [-0.05, 0) is 37.0 Å². The molecule has 1 rings (SSSR count). The second kappa shape index (κ2) is 4.67. The van der Waals surface area contributed by atoms with Gasteiger partial charge in [-0.1, -0.05) is 24.6 Å². The average Bonchev–Trinajstić information content (AvgIpc) is 2.11. The molecule has 3 heteroatoms. The third-order valence-corrected chi connectivity index (χ3v) is 2.44. The smallest absolute Gasteiger partial charge is 0.137 e. The molecule has 0 saturated heterocycles. The van der Waals surface area contributed by atoms with Crippen LogP contribution < -0.4 is 5.73 Å². The van der Waals surface area contributed by atoms with Crippen LogP contribution in [0.15, 0.2) is 12.1 Å². The molecule has 0 fully saturated rings. The topological polar surface area (TPSA) is 46.2 Å². The van der Waals surface area contributed by atoms with Crippen molar-refractivity contribution in [3.63, 3.8) is 0 Å². The number of aromatic hydroxyl groups is 1. The van der Waals surface area contributed by atoms with Crippen LogP contribution in [0.2, 0.25) is 5.02 Å². The minimum atomic E-state index is 0.0315. The summed E-state index contributed by atoms with van der Waals surface area (Å²) in [5, 5.41) is 10.1. The number of nitrogens with two attached hydrogens (primary N) is 1. The van der Waals surface area contributed by atoms with Crippen molar-refractivity contribution in [1.82, 2.24) is 0 Å². The fourth-order valence-electron chi connectivity index (χ4n) is 1.42. The van der Waals surface area contributed by atoms with Crippen LogP contribution in [0.5, 0.6) is 5.75 Å². The summed E-state index contributed by atoms with van der Waals surface area (Å²) in [7, 11) is 0. The Kier molecular flexibility index (Phi) is 3.78. The monoisotopic (exact) mass is 213 g/mol.